The van der Waals surface area contributed by atoms with E-state index in [4.69, 9.17) is 21.1 Å². The Bertz CT molecular complexity index is 749. The Labute approximate surface area is 149 Å². The number of hydrogen-bond acceptors (Lipinski definition) is 4. The highest BCUT2D eigenvalue weighted by Crippen LogP contribution is 2.19. The fraction of sp³-hybridized carbons (Fsp3) is 0.222. The molecule has 0 fully saturated rings. The molecule has 25 heavy (non-hydrogen) atoms. The van der Waals surface area contributed by atoms with Crippen molar-refractivity contribution in [3.05, 3.63) is 58.9 Å². The second kappa shape index (κ2) is 9.03. The second-order valence-corrected chi connectivity index (χ2v) is 5.56. The third kappa shape index (κ3) is 5.76. The zero-order chi connectivity index (χ0) is 18.2. The highest BCUT2D eigenvalue weighted by Gasteiger charge is 2.12. The van der Waals surface area contributed by atoms with E-state index in [1.54, 1.807) is 24.3 Å². The van der Waals surface area contributed by atoms with Crippen molar-refractivity contribution in [2.24, 2.45) is 0 Å². The van der Waals surface area contributed by atoms with Crippen molar-refractivity contribution in [3.8, 4) is 5.75 Å². The van der Waals surface area contributed by atoms with Crippen LogP contribution in [0.1, 0.15) is 23.7 Å². The number of halogens is 2. The van der Waals surface area contributed by atoms with Gasteiger partial charge in [-0.15, -0.1) is 0 Å². The van der Waals surface area contributed by atoms with Gasteiger partial charge in [0.2, 0.25) is 0 Å². The van der Waals surface area contributed by atoms with Crippen LogP contribution in [0.4, 0.5) is 10.1 Å². The summed E-state index contributed by atoms with van der Waals surface area (Å²) in [6.07, 6.45) is 0.881. The Kier molecular flexibility index (Phi) is 6.77. The highest BCUT2D eigenvalue weighted by molar-refractivity contribution is 6.30. The first-order valence-corrected chi connectivity index (χ1v) is 8.02. The summed E-state index contributed by atoms with van der Waals surface area (Å²) >= 11 is 5.74. The molecule has 0 radical (unpaired) electrons. The summed E-state index contributed by atoms with van der Waals surface area (Å²) in [5, 5.41) is 2.57. The van der Waals surface area contributed by atoms with Crippen LogP contribution in [-0.2, 0) is 9.53 Å². The average molecular weight is 366 g/mol. The second-order valence-electron chi connectivity index (χ2n) is 5.12. The maximum Gasteiger partial charge on any atom is 0.338 e. The number of esters is 1. The first-order valence-electron chi connectivity index (χ1n) is 7.64. The summed E-state index contributed by atoms with van der Waals surface area (Å²) in [5.41, 5.74) is 0.205. The molecule has 0 heterocycles. The van der Waals surface area contributed by atoms with E-state index >= 15 is 0 Å². The van der Waals surface area contributed by atoms with Crippen LogP contribution in [0.15, 0.2) is 42.5 Å². The topological polar surface area (TPSA) is 64.6 Å². The molecule has 0 aliphatic rings. The fourth-order valence-electron chi connectivity index (χ4n) is 1.90. The van der Waals surface area contributed by atoms with Gasteiger partial charge in [-0.2, -0.15) is 0 Å². The molecule has 0 aliphatic heterocycles. The minimum absolute atomic E-state index is 0.0778. The summed E-state index contributed by atoms with van der Waals surface area (Å²) in [4.78, 5) is 23.7. The van der Waals surface area contributed by atoms with Crippen molar-refractivity contribution < 1.29 is 23.5 Å². The van der Waals surface area contributed by atoms with Crippen LogP contribution in [0.25, 0.3) is 0 Å². The van der Waals surface area contributed by atoms with E-state index in [1.165, 1.54) is 12.1 Å². The Balaban J connectivity index is 1.86. The lowest BCUT2D eigenvalue weighted by molar-refractivity contribution is -0.119. The molecule has 0 unspecified atom stereocenters. The molecule has 0 aromatic heterocycles. The van der Waals surface area contributed by atoms with E-state index in [2.05, 4.69) is 5.32 Å². The Hall–Kier alpha value is -2.60. The molecular weight excluding hydrogens is 349 g/mol. The minimum atomic E-state index is -0.669. The Morgan fingerprint density at radius 2 is 1.88 bits per heavy atom. The average Bonchev–Trinajstić information content (AvgIpc) is 2.61. The molecule has 5 nitrogen and oxygen atoms in total. The number of rotatable bonds is 7. The van der Waals surface area contributed by atoms with E-state index in [9.17, 15) is 14.0 Å². The standard InChI is InChI=1S/C18H17ClFNO4/c1-2-9-24-14-6-3-12(4-7-14)18(23)25-11-17(22)21-16-10-13(19)5-8-15(16)20/h3-8,10H,2,9,11H2,1H3,(H,21,22). The van der Waals surface area contributed by atoms with E-state index in [0.29, 0.717) is 12.4 Å². The molecule has 0 spiro atoms. The summed E-state index contributed by atoms with van der Waals surface area (Å²) in [6, 6.07) is 10.1. The number of ether oxygens (including phenoxy) is 2. The van der Waals surface area contributed by atoms with Gasteiger partial charge in [-0.1, -0.05) is 18.5 Å². The van der Waals surface area contributed by atoms with E-state index < -0.39 is 24.3 Å². The molecule has 1 N–H and O–H groups in total. The maximum atomic E-state index is 13.5. The molecule has 0 saturated heterocycles. The van der Waals surface area contributed by atoms with E-state index in [1.807, 2.05) is 6.92 Å². The number of carbonyl (C=O) groups is 2. The predicted octanol–water partition coefficient (Wildman–Crippen LogP) is 4.06. The summed E-state index contributed by atoms with van der Waals surface area (Å²) in [6.45, 7) is 2.04. The van der Waals surface area contributed by atoms with Gasteiger partial charge in [-0.05, 0) is 48.9 Å². The zero-order valence-corrected chi connectivity index (χ0v) is 14.3. The molecule has 2 aromatic carbocycles. The van der Waals surface area contributed by atoms with Gasteiger partial charge in [0.25, 0.3) is 5.91 Å². The Morgan fingerprint density at radius 1 is 1.16 bits per heavy atom. The molecule has 0 bridgehead atoms. The van der Waals surface area contributed by atoms with Crippen LogP contribution < -0.4 is 10.1 Å². The van der Waals surface area contributed by atoms with Crippen molar-refractivity contribution in [2.75, 3.05) is 18.5 Å². The SMILES string of the molecule is CCCOc1ccc(C(=O)OCC(=O)Nc2cc(Cl)ccc2F)cc1. The van der Waals surface area contributed by atoms with Gasteiger partial charge in [0, 0.05) is 5.02 Å². The molecule has 0 saturated carbocycles. The van der Waals surface area contributed by atoms with Gasteiger partial charge in [0.15, 0.2) is 6.61 Å². The quantitative estimate of drug-likeness (QED) is 0.751. The molecule has 0 aliphatic carbocycles. The molecule has 132 valence electrons. The lowest BCUT2D eigenvalue weighted by Crippen LogP contribution is -2.21. The smallest absolute Gasteiger partial charge is 0.338 e. The number of anilines is 1. The van der Waals surface area contributed by atoms with Crippen LogP contribution in [-0.4, -0.2) is 25.1 Å². The van der Waals surface area contributed by atoms with Crippen LogP contribution in [0.3, 0.4) is 0 Å². The van der Waals surface area contributed by atoms with Gasteiger partial charge in [-0.3, -0.25) is 4.79 Å². The number of nitrogens with one attached hydrogen (secondary N) is 1. The number of hydrogen-bond donors (Lipinski definition) is 1. The fourth-order valence-corrected chi connectivity index (χ4v) is 2.07. The zero-order valence-electron chi connectivity index (χ0n) is 13.6. The van der Waals surface area contributed by atoms with Gasteiger partial charge in [0.1, 0.15) is 11.6 Å². The lowest BCUT2D eigenvalue weighted by atomic mass is 10.2. The van der Waals surface area contributed by atoms with Crippen molar-refractivity contribution >= 4 is 29.2 Å². The molecule has 1 amide bonds. The minimum Gasteiger partial charge on any atom is -0.494 e. The summed E-state index contributed by atoms with van der Waals surface area (Å²) in [7, 11) is 0. The molecule has 2 rings (SSSR count). The van der Waals surface area contributed by atoms with Crippen molar-refractivity contribution in [2.45, 2.75) is 13.3 Å². The normalized spacial score (nSPS) is 10.2. The van der Waals surface area contributed by atoms with E-state index in [-0.39, 0.29) is 16.3 Å². The molecule has 2 aromatic rings. The van der Waals surface area contributed by atoms with Crippen molar-refractivity contribution in [3.63, 3.8) is 0 Å². The first-order chi connectivity index (χ1) is 12.0. The van der Waals surface area contributed by atoms with Crippen LogP contribution in [0.2, 0.25) is 5.02 Å². The van der Waals surface area contributed by atoms with Crippen LogP contribution in [0, 0.1) is 5.82 Å². The van der Waals surface area contributed by atoms with Gasteiger partial charge >= 0.3 is 5.97 Å². The third-order valence-corrected chi connectivity index (χ3v) is 3.33. The first kappa shape index (κ1) is 18.7. The summed E-state index contributed by atoms with van der Waals surface area (Å²) < 4.78 is 23.8. The van der Waals surface area contributed by atoms with Crippen molar-refractivity contribution in [1.29, 1.82) is 0 Å². The maximum absolute atomic E-state index is 13.5. The summed E-state index contributed by atoms with van der Waals surface area (Å²) in [5.74, 6) is -1.32. The molecule has 0 atom stereocenters. The van der Waals surface area contributed by atoms with Crippen molar-refractivity contribution in [1.82, 2.24) is 0 Å². The third-order valence-electron chi connectivity index (χ3n) is 3.10. The predicted molar refractivity (Wildman–Crippen MR) is 92.6 cm³/mol. The Morgan fingerprint density at radius 3 is 2.56 bits per heavy atom. The van der Waals surface area contributed by atoms with Gasteiger partial charge in [0.05, 0.1) is 17.9 Å². The molecular formula is C18H17ClFNO4. The van der Waals surface area contributed by atoms with Crippen LogP contribution in [0.5, 0.6) is 5.75 Å². The van der Waals surface area contributed by atoms with Gasteiger partial charge in [-0.25, -0.2) is 9.18 Å². The van der Waals surface area contributed by atoms with Gasteiger partial charge < -0.3 is 14.8 Å². The molecule has 7 heteroatoms. The highest BCUT2D eigenvalue weighted by atomic mass is 35.5. The van der Waals surface area contributed by atoms with Crippen LogP contribution >= 0.6 is 11.6 Å². The number of amides is 1. The number of benzene rings is 2. The van der Waals surface area contributed by atoms with E-state index in [0.717, 1.165) is 12.5 Å². The number of carbonyl (C=O) groups excluding carboxylic acids is 2. The monoisotopic (exact) mass is 365 g/mol. The lowest BCUT2D eigenvalue weighted by Gasteiger charge is -2.08. The largest absolute Gasteiger partial charge is 0.494 e.